The van der Waals surface area contributed by atoms with Crippen LogP contribution in [-0.2, 0) is 35.0 Å². The standard InChI is InChI=1S/C6H16O3Si.C3H7.Ti/c1-4-7-10(8-5-2)9-6-3;1-3-2;/h10H,4-6H2,1-3H3;1,3H2,2H3;/q;-1;. The minimum absolute atomic E-state index is 0. The Hall–Kier alpha value is 0.811. The second-order valence-corrected chi connectivity index (χ2v) is 3.73. The van der Waals surface area contributed by atoms with Crippen LogP contribution in [0.4, 0.5) is 0 Å². The maximum Gasteiger partial charge on any atom is 0.484 e. The predicted molar refractivity (Wildman–Crippen MR) is 57.7 cm³/mol. The van der Waals surface area contributed by atoms with Crippen LogP contribution in [0, 0.1) is 6.92 Å². The third kappa shape index (κ3) is 18.6. The van der Waals surface area contributed by atoms with Crippen molar-refractivity contribution in [1.82, 2.24) is 0 Å². The predicted octanol–water partition coefficient (Wildman–Crippen LogP) is 2.04. The van der Waals surface area contributed by atoms with Crippen molar-refractivity contribution in [2.75, 3.05) is 19.8 Å². The van der Waals surface area contributed by atoms with Gasteiger partial charge in [0.25, 0.3) is 0 Å². The summed E-state index contributed by atoms with van der Waals surface area (Å²) < 4.78 is 15.7. The van der Waals surface area contributed by atoms with Gasteiger partial charge in [0.15, 0.2) is 0 Å². The van der Waals surface area contributed by atoms with Gasteiger partial charge in [-0.2, -0.15) is 6.42 Å². The third-order valence-corrected chi connectivity index (χ3v) is 2.72. The van der Waals surface area contributed by atoms with Crippen LogP contribution >= 0.6 is 0 Å². The average Bonchev–Trinajstić information content (AvgIpc) is 2.07. The fourth-order valence-electron chi connectivity index (χ4n) is 0.553. The van der Waals surface area contributed by atoms with Crippen molar-refractivity contribution in [2.24, 2.45) is 0 Å². The van der Waals surface area contributed by atoms with E-state index in [-0.39, 0.29) is 21.7 Å². The topological polar surface area (TPSA) is 27.7 Å². The average molecular weight is 255 g/mol. The first-order valence-corrected chi connectivity index (χ1v) is 6.32. The Balaban J connectivity index is -0.000000267. The van der Waals surface area contributed by atoms with Gasteiger partial charge in [-0.25, -0.2) is 0 Å². The molecule has 0 N–H and O–H groups in total. The monoisotopic (exact) mass is 255 g/mol. The summed E-state index contributed by atoms with van der Waals surface area (Å²) in [5.74, 6) is 0. The molecule has 0 atom stereocenters. The second kappa shape index (κ2) is 19.4. The van der Waals surface area contributed by atoms with Crippen LogP contribution in [0.3, 0.4) is 0 Å². The van der Waals surface area contributed by atoms with Gasteiger partial charge in [-0.15, -0.1) is 0 Å². The zero-order valence-corrected chi connectivity index (χ0v) is 12.6. The zero-order valence-electron chi connectivity index (χ0n) is 9.84. The molecule has 0 bridgehead atoms. The summed E-state index contributed by atoms with van der Waals surface area (Å²) in [6.07, 6.45) is 1.00. The van der Waals surface area contributed by atoms with E-state index in [2.05, 4.69) is 6.92 Å². The molecule has 0 saturated heterocycles. The van der Waals surface area contributed by atoms with Crippen LogP contribution in [0.5, 0.6) is 0 Å². The molecular weight excluding hydrogens is 232 g/mol. The summed E-state index contributed by atoms with van der Waals surface area (Å²) in [5, 5.41) is 0. The molecule has 5 heteroatoms. The van der Waals surface area contributed by atoms with Crippen LogP contribution in [0.25, 0.3) is 0 Å². The number of hydrogen-bond acceptors (Lipinski definition) is 3. The molecule has 0 amide bonds. The van der Waals surface area contributed by atoms with Crippen LogP contribution in [0.1, 0.15) is 34.1 Å². The van der Waals surface area contributed by atoms with Gasteiger partial charge in [-0.05, 0) is 20.8 Å². The fourth-order valence-corrected chi connectivity index (χ4v) is 1.66. The van der Waals surface area contributed by atoms with E-state index in [0.717, 1.165) is 6.42 Å². The van der Waals surface area contributed by atoms with Crippen LogP contribution in [0.15, 0.2) is 0 Å². The van der Waals surface area contributed by atoms with Gasteiger partial charge < -0.3 is 20.2 Å². The Kier molecular flexibility index (Phi) is 28.1. The molecule has 3 nitrogen and oxygen atoms in total. The molecule has 0 aliphatic carbocycles. The summed E-state index contributed by atoms with van der Waals surface area (Å²) in [5.41, 5.74) is 0. The molecular formula is C9H23O3SiTi-. The first kappa shape index (κ1) is 20.3. The summed E-state index contributed by atoms with van der Waals surface area (Å²) in [4.78, 5) is 0. The minimum Gasteiger partial charge on any atom is -0.376 e. The van der Waals surface area contributed by atoms with E-state index >= 15 is 0 Å². The Morgan fingerprint density at radius 2 is 1.07 bits per heavy atom. The van der Waals surface area contributed by atoms with Crippen molar-refractivity contribution in [1.29, 1.82) is 0 Å². The van der Waals surface area contributed by atoms with Gasteiger partial charge in [-0.1, -0.05) is 6.92 Å². The molecule has 0 aromatic rings. The van der Waals surface area contributed by atoms with E-state index in [0.29, 0.717) is 19.8 Å². The zero-order chi connectivity index (χ0) is 10.5. The number of hydrogen-bond donors (Lipinski definition) is 0. The quantitative estimate of drug-likeness (QED) is 0.537. The van der Waals surface area contributed by atoms with Gasteiger partial charge >= 0.3 is 9.53 Å². The van der Waals surface area contributed by atoms with Crippen LogP contribution in [0.2, 0.25) is 0 Å². The van der Waals surface area contributed by atoms with E-state index in [4.69, 9.17) is 13.3 Å². The van der Waals surface area contributed by atoms with E-state index in [9.17, 15) is 0 Å². The second-order valence-electron chi connectivity index (χ2n) is 2.15. The third-order valence-electron chi connectivity index (χ3n) is 0.908. The molecule has 0 heterocycles. The Labute approximate surface area is 105 Å². The molecule has 0 radical (unpaired) electrons. The van der Waals surface area contributed by atoms with Crippen molar-refractivity contribution >= 4 is 9.53 Å². The van der Waals surface area contributed by atoms with Gasteiger partial charge in [0.1, 0.15) is 0 Å². The molecule has 0 rings (SSSR count). The normalized spacial score (nSPS) is 9.00. The van der Waals surface area contributed by atoms with Crippen molar-refractivity contribution in [3.8, 4) is 0 Å². The fraction of sp³-hybridized carbons (Fsp3) is 0.889. The first-order valence-electron chi connectivity index (χ1n) is 4.90. The molecule has 0 spiro atoms. The van der Waals surface area contributed by atoms with E-state index in [1.165, 1.54) is 0 Å². The smallest absolute Gasteiger partial charge is 0.376 e. The van der Waals surface area contributed by atoms with E-state index in [1.54, 1.807) is 0 Å². The molecule has 86 valence electrons. The van der Waals surface area contributed by atoms with Crippen molar-refractivity contribution in [3.63, 3.8) is 0 Å². The van der Waals surface area contributed by atoms with Gasteiger partial charge in [0, 0.05) is 41.5 Å². The summed E-state index contributed by atoms with van der Waals surface area (Å²) in [6.45, 7) is 13.4. The Morgan fingerprint density at radius 3 is 1.21 bits per heavy atom. The maximum atomic E-state index is 5.22. The van der Waals surface area contributed by atoms with Crippen molar-refractivity contribution < 1.29 is 35.0 Å². The molecule has 0 fully saturated rings. The molecule has 0 unspecified atom stereocenters. The summed E-state index contributed by atoms with van der Waals surface area (Å²) >= 11 is 0. The van der Waals surface area contributed by atoms with Crippen LogP contribution in [-0.4, -0.2) is 29.3 Å². The Bertz CT molecular complexity index is 72.2. The van der Waals surface area contributed by atoms with Gasteiger partial charge in [0.2, 0.25) is 0 Å². The van der Waals surface area contributed by atoms with E-state index in [1.807, 2.05) is 27.7 Å². The first-order chi connectivity index (χ1) is 6.26. The molecule has 0 aromatic heterocycles. The van der Waals surface area contributed by atoms with Crippen LogP contribution < -0.4 is 0 Å². The molecule has 0 saturated carbocycles. The Morgan fingerprint density at radius 1 is 0.857 bits per heavy atom. The summed E-state index contributed by atoms with van der Waals surface area (Å²) in [6, 6.07) is 0. The minimum atomic E-state index is -1.73. The SMILES string of the molecule is CCO[SiH](OCC)OCC.[CH2-]CC.[Ti]. The molecule has 14 heavy (non-hydrogen) atoms. The molecule has 0 aromatic carbocycles. The largest absolute Gasteiger partial charge is 0.484 e. The maximum absolute atomic E-state index is 5.22. The van der Waals surface area contributed by atoms with Crippen molar-refractivity contribution in [3.05, 3.63) is 6.92 Å². The summed E-state index contributed by atoms with van der Waals surface area (Å²) in [7, 11) is -1.73. The van der Waals surface area contributed by atoms with Gasteiger partial charge in [0.05, 0.1) is 0 Å². The molecule has 0 aliphatic rings. The molecule has 0 aliphatic heterocycles. The number of rotatable bonds is 6. The van der Waals surface area contributed by atoms with Crippen molar-refractivity contribution in [2.45, 2.75) is 34.1 Å². The van der Waals surface area contributed by atoms with E-state index < -0.39 is 9.53 Å². The van der Waals surface area contributed by atoms with Gasteiger partial charge in [-0.3, -0.25) is 0 Å².